The summed E-state index contributed by atoms with van der Waals surface area (Å²) in [5.74, 6) is 1.16. The second kappa shape index (κ2) is 14.1. The number of fused-ring (bicyclic) bond motifs is 1. The minimum atomic E-state index is -3.64. The number of aromatic nitrogens is 3. The Morgan fingerprint density at radius 2 is 1.70 bits per heavy atom. The number of carbonyl (C=O) groups is 3. The largest absolute Gasteiger partial charge is 0.444 e. The summed E-state index contributed by atoms with van der Waals surface area (Å²) in [7, 11) is -3.64. The van der Waals surface area contributed by atoms with Crippen molar-refractivity contribution in [2.75, 3.05) is 73.1 Å². The number of piperazine rings is 1. The number of ether oxygens (including phenoxy) is 1. The van der Waals surface area contributed by atoms with E-state index >= 15 is 0 Å². The average Bonchev–Trinajstić information content (AvgIpc) is 3.46. The highest BCUT2D eigenvalue weighted by Crippen LogP contribution is 2.35. The SMILES string of the molecule is CC(C)(C)OC(=O)NCC(=O)N1CCN(c2cc(N3CCC3)nc3cc([C@@H]4CCCCN4C(=O)c4cc(Cl)ccc4NS(C)(=O)=O)nn23)CC1. The molecule has 3 aliphatic rings. The number of hydrogen-bond acceptors (Lipinski definition) is 10. The Hall–Kier alpha value is -4.31. The second-order valence-electron chi connectivity index (χ2n) is 13.9. The first-order chi connectivity index (χ1) is 23.6. The normalized spacial score (nSPS) is 18.5. The minimum Gasteiger partial charge on any atom is -0.444 e. The van der Waals surface area contributed by atoms with Gasteiger partial charge in [0.15, 0.2) is 5.65 Å². The van der Waals surface area contributed by atoms with Crippen LogP contribution in [0.1, 0.15) is 68.5 Å². The van der Waals surface area contributed by atoms with Crippen LogP contribution >= 0.6 is 11.6 Å². The van der Waals surface area contributed by atoms with Gasteiger partial charge >= 0.3 is 6.09 Å². The summed E-state index contributed by atoms with van der Waals surface area (Å²) in [6.45, 7) is 9.45. The maximum Gasteiger partial charge on any atom is 0.408 e. The van der Waals surface area contributed by atoms with Gasteiger partial charge in [-0.05, 0) is 64.7 Å². The summed E-state index contributed by atoms with van der Waals surface area (Å²) in [4.78, 5) is 51.9. The van der Waals surface area contributed by atoms with E-state index < -0.39 is 21.7 Å². The molecule has 0 saturated carbocycles. The minimum absolute atomic E-state index is 0.145. The molecule has 15 nitrogen and oxygen atoms in total. The Balaban J connectivity index is 1.24. The maximum atomic E-state index is 14.1. The van der Waals surface area contributed by atoms with Crippen LogP contribution in [0.25, 0.3) is 5.65 Å². The molecule has 3 aliphatic heterocycles. The molecule has 0 radical (unpaired) electrons. The number of alkyl carbamates (subject to hydrolysis) is 1. The predicted octanol–water partition coefficient (Wildman–Crippen LogP) is 3.51. The van der Waals surface area contributed by atoms with E-state index in [9.17, 15) is 22.8 Å². The summed E-state index contributed by atoms with van der Waals surface area (Å²) in [5.41, 5.74) is 1.03. The first-order valence-electron chi connectivity index (χ1n) is 16.9. The molecule has 2 N–H and O–H groups in total. The van der Waals surface area contributed by atoms with Crippen molar-refractivity contribution in [3.63, 3.8) is 0 Å². The lowest BCUT2D eigenvalue weighted by Gasteiger charge is -2.37. The van der Waals surface area contributed by atoms with Gasteiger partial charge in [0.2, 0.25) is 15.9 Å². The molecular weight excluding hydrogens is 686 g/mol. The summed E-state index contributed by atoms with van der Waals surface area (Å²) < 4.78 is 33.7. The first kappa shape index (κ1) is 35.5. The molecular formula is C33H44ClN9O6S. The van der Waals surface area contributed by atoms with Crippen LogP contribution in [0.5, 0.6) is 0 Å². The van der Waals surface area contributed by atoms with Crippen molar-refractivity contribution < 1.29 is 27.5 Å². The Bertz CT molecular complexity index is 1880. The van der Waals surface area contributed by atoms with Gasteiger partial charge in [-0.3, -0.25) is 14.3 Å². The number of benzene rings is 1. The van der Waals surface area contributed by atoms with Crippen LogP contribution in [-0.4, -0.2) is 115 Å². The maximum absolute atomic E-state index is 14.1. The number of halogens is 1. The number of piperidine rings is 1. The Morgan fingerprint density at radius 1 is 0.960 bits per heavy atom. The molecule has 50 heavy (non-hydrogen) atoms. The third-order valence-corrected chi connectivity index (χ3v) is 9.77. The van der Waals surface area contributed by atoms with E-state index in [0.717, 1.165) is 50.2 Å². The molecule has 3 aromatic rings. The van der Waals surface area contributed by atoms with Gasteiger partial charge in [0.05, 0.1) is 29.2 Å². The van der Waals surface area contributed by atoms with E-state index in [1.807, 2.05) is 16.6 Å². The fourth-order valence-electron chi connectivity index (χ4n) is 6.44. The van der Waals surface area contributed by atoms with E-state index in [2.05, 4.69) is 19.8 Å². The zero-order chi connectivity index (χ0) is 35.8. The Labute approximate surface area is 296 Å². The van der Waals surface area contributed by atoms with Crippen LogP contribution in [0.3, 0.4) is 0 Å². The van der Waals surface area contributed by atoms with Gasteiger partial charge in [-0.1, -0.05) is 11.6 Å². The fraction of sp³-hybridized carbons (Fsp3) is 0.545. The molecule has 6 rings (SSSR count). The van der Waals surface area contributed by atoms with Crippen LogP contribution in [0.15, 0.2) is 30.3 Å². The Morgan fingerprint density at radius 3 is 2.36 bits per heavy atom. The third-order valence-electron chi connectivity index (χ3n) is 8.95. The van der Waals surface area contributed by atoms with Crippen molar-refractivity contribution in [1.29, 1.82) is 0 Å². The van der Waals surface area contributed by atoms with Crippen molar-refractivity contribution in [2.45, 2.75) is 58.1 Å². The molecule has 5 heterocycles. The van der Waals surface area contributed by atoms with Gasteiger partial charge in [0.25, 0.3) is 5.91 Å². The second-order valence-corrected chi connectivity index (χ2v) is 16.1. The van der Waals surface area contributed by atoms with Crippen LogP contribution in [0.2, 0.25) is 5.02 Å². The van der Waals surface area contributed by atoms with Crippen molar-refractivity contribution in [2.24, 2.45) is 0 Å². The summed E-state index contributed by atoms with van der Waals surface area (Å²) in [6, 6.07) is 8.13. The van der Waals surface area contributed by atoms with Gasteiger partial charge in [-0.15, -0.1) is 0 Å². The summed E-state index contributed by atoms with van der Waals surface area (Å²) in [6.07, 6.45) is 3.86. The van der Waals surface area contributed by atoms with Crippen LogP contribution < -0.4 is 19.8 Å². The fourth-order valence-corrected chi connectivity index (χ4v) is 7.19. The quantitative estimate of drug-likeness (QED) is 0.351. The monoisotopic (exact) mass is 729 g/mol. The molecule has 0 aliphatic carbocycles. The number of likely N-dealkylation sites (tertiary alicyclic amines) is 1. The van der Waals surface area contributed by atoms with E-state index in [-0.39, 0.29) is 35.7 Å². The number of nitrogens with zero attached hydrogens (tertiary/aromatic N) is 7. The van der Waals surface area contributed by atoms with Gasteiger partial charge in [-0.25, -0.2) is 18.2 Å². The number of nitrogens with one attached hydrogen (secondary N) is 2. The average molecular weight is 730 g/mol. The molecule has 0 bridgehead atoms. The zero-order valence-corrected chi connectivity index (χ0v) is 30.4. The Kier molecular flexibility index (Phi) is 10.0. The highest BCUT2D eigenvalue weighted by Gasteiger charge is 2.33. The molecule has 3 amide bonds. The van der Waals surface area contributed by atoms with E-state index in [1.54, 1.807) is 36.6 Å². The molecule has 1 atom stereocenters. The van der Waals surface area contributed by atoms with Crippen molar-refractivity contribution in [1.82, 2.24) is 29.7 Å². The van der Waals surface area contributed by atoms with Crippen molar-refractivity contribution >= 4 is 62.5 Å². The lowest BCUT2D eigenvalue weighted by atomic mass is 9.98. The number of amides is 3. The molecule has 3 fully saturated rings. The van der Waals surface area contributed by atoms with Crippen LogP contribution in [0.4, 0.5) is 22.1 Å². The van der Waals surface area contributed by atoms with E-state index in [1.165, 1.54) is 12.1 Å². The molecule has 1 aromatic carbocycles. The standard InChI is InChI=1S/C33H44ClN9O6S/c1-33(2,3)49-32(46)35-21-30(44)41-16-14-40(15-17-41)29-20-27(39-11-7-12-39)36-28-19-25(37-43(28)29)26-8-5-6-13-42(26)31(45)23-18-22(34)9-10-24(23)38-50(4,47)48/h9-10,18-20,26,38H,5-8,11-17,21H2,1-4H3,(H,35,46)/t26-/m0/s1. The van der Waals surface area contributed by atoms with Crippen LogP contribution in [0, 0.1) is 0 Å². The van der Waals surface area contributed by atoms with Gasteiger partial charge in [-0.2, -0.15) is 9.61 Å². The predicted molar refractivity (Wildman–Crippen MR) is 190 cm³/mol. The molecule has 3 saturated heterocycles. The highest BCUT2D eigenvalue weighted by atomic mass is 35.5. The number of carbonyl (C=O) groups excluding carboxylic acids is 3. The number of hydrogen-bond donors (Lipinski definition) is 2. The van der Waals surface area contributed by atoms with E-state index in [4.69, 9.17) is 26.4 Å². The highest BCUT2D eigenvalue weighted by molar-refractivity contribution is 7.92. The van der Waals surface area contributed by atoms with Crippen molar-refractivity contribution in [3.8, 4) is 0 Å². The number of anilines is 3. The molecule has 270 valence electrons. The molecule has 17 heteroatoms. The first-order valence-corrected chi connectivity index (χ1v) is 19.2. The smallest absolute Gasteiger partial charge is 0.408 e. The van der Waals surface area contributed by atoms with Gasteiger partial charge in [0, 0.05) is 63.0 Å². The molecule has 2 aromatic heterocycles. The lowest BCUT2D eigenvalue weighted by molar-refractivity contribution is -0.130. The van der Waals surface area contributed by atoms with Crippen molar-refractivity contribution in [3.05, 3.63) is 46.6 Å². The summed E-state index contributed by atoms with van der Waals surface area (Å²) in [5, 5.41) is 7.90. The number of sulfonamides is 1. The van der Waals surface area contributed by atoms with Gasteiger partial charge in [0.1, 0.15) is 23.8 Å². The molecule has 0 unspecified atom stereocenters. The van der Waals surface area contributed by atoms with Gasteiger partial charge < -0.3 is 29.7 Å². The number of rotatable bonds is 8. The zero-order valence-electron chi connectivity index (χ0n) is 28.8. The third kappa shape index (κ3) is 8.18. The lowest BCUT2D eigenvalue weighted by Crippen LogP contribution is -2.52. The van der Waals surface area contributed by atoms with Crippen LogP contribution in [-0.2, 0) is 19.6 Å². The van der Waals surface area contributed by atoms with E-state index in [0.29, 0.717) is 55.5 Å². The topological polar surface area (TPSA) is 162 Å². The summed E-state index contributed by atoms with van der Waals surface area (Å²) >= 11 is 6.28. The molecule has 0 spiro atoms.